The molecule has 2 nitrogen and oxygen atoms in total. The summed E-state index contributed by atoms with van der Waals surface area (Å²) in [6.45, 7) is -0.0541. The van der Waals surface area contributed by atoms with E-state index in [1.807, 2.05) is 0 Å². The van der Waals surface area contributed by atoms with Crippen molar-refractivity contribution >= 4 is 0 Å². The largest absolute Gasteiger partial charge is 0.489 e. The first-order chi connectivity index (χ1) is 6.57. The molecule has 1 aromatic carbocycles. The van der Waals surface area contributed by atoms with Crippen molar-refractivity contribution in [3.8, 4) is 5.75 Å². The molecule has 2 N–H and O–H groups in total. The Labute approximate surface area is 77.3 Å². The second-order valence-corrected chi connectivity index (χ2v) is 2.44. The second-order valence-electron chi connectivity index (χ2n) is 2.44. The van der Waals surface area contributed by atoms with Gasteiger partial charge in [0.15, 0.2) is 17.4 Å². The molecule has 6 heteroatoms. The number of ether oxygens (including phenoxy) is 1. The van der Waals surface area contributed by atoms with E-state index in [2.05, 4.69) is 4.74 Å². The summed E-state index contributed by atoms with van der Waals surface area (Å²) < 4.78 is 54.9. The first-order valence-corrected chi connectivity index (χ1v) is 3.73. The fourth-order valence-electron chi connectivity index (χ4n) is 0.825. The van der Waals surface area contributed by atoms with E-state index in [0.717, 1.165) is 0 Å². The Morgan fingerprint density at radius 2 is 1.71 bits per heavy atom. The van der Waals surface area contributed by atoms with Crippen LogP contribution >= 0.6 is 0 Å². The predicted octanol–water partition coefficient (Wildman–Crippen LogP) is 1.58. The van der Waals surface area contributed by atoms with Gasteiger partial charge in [-0.05, 0) is 0 Å². The normalized spacial score (nSPS) is 10.4. The van der Waals surface area contributed by atoms with Crippen molar-refractivity contribution in [1.29, 1.82) is 0 Å². The van der Waals surface area contributed by atoms with Crippen LogP contribution in [0.5, 0.6) is 5.75 Å². The zero-order valence-electron chi connectivity index (χ0n) is 6.99. The van der Waals surface area contributed by atoms with Gasteiger partial charge in [0.05, 0.1) is 0 Å². The summed E-state index contributed by atoms with van der Waals surface area (Å²) in [5, 5.41) is 0. The molecule has 0 unspecified atom stereocenters. The summed E-state index contributed by atoms with van der Waals surface area (Å²) in [6.07, 6.45) is 0. The van der Waals surface area contributed by atoms with E-state index in [1.54, 1.807) is 0 Å². The zero-order chi connectivity index (χ0) is 10.7. The third-order valence-corrected chi connectivity index (χ3v) is 1.44. The third kappa shape index (κ3) is 1.95. The van der Waals surface area contributed by atoms with Crippen LogP contribution in [0.15, 0.2) is 6.07 Å². The highest BCUT2D eigenvalue weighted by Gasteiger charge is 2.19. The molecule has 1 aromatic rings. The second kappa shape index (κ2) is 4.28. The lowest BCUT2D eigenvalue weighted by Gasteiger charge is -2.06. The van der Waals surface area contributed by atoms with E-state index < -0.39 is 29.0 Å². The van der Waals surface area contributed by atoms with Gasteiger partial charge in [0.2, 0.25) is 11.6 Å². The summed E-state index contributed by atoms with van der Waals surface area (Å²) in [6, 6.07) is 0.434. The average molecular weight is 209 g/mol. The highest BCUT2D eigenvalue weighted by Crippen LogP contribution is 2.24. The van der Waals surface area contributed by atoms with Gasteiger partial charge in [-0.2, -0.15) is 4.39 Å². The minimum atomic E-state index is -1.89. The van der Waals surface area contributed by atoms with Crippen LogP contribution in [-0.4, -0.2) is 13.2 Å². The maximum absolute atomic E-state index is 12.8. The molecular formula is C8H7F4NO. The molecule has 0 atom stereocenters. The molecule has 0 saturated carbocycles. The summed E-state index contributed by atoms with van der Waals surface area (Å²) in [5.74, 6) is -7.50. The Hall–Kier alpha value is -1.30. The fourth-order valence-corrected chi connectivity index (χ4v) is 0.825. The van der Waals surface area contributed by atoms with Gasteiger partial charge in [-0.15, -0.1) is 0 Å². The number of hydrogen-bond donors (Lipinski definition) is 1. The van der Waals surface area contributed by atoms with Crippen LogP contribution in [0.1, 0.15) is 0 Å². The molecule has 0 saturated heterocycles. The van der Waals surface area contributed by atoms with Crippen LogP contribution in [-0.2, 0) is 0 Å². The summed E-state index contributed by atoms with van der Waals surface area (Å²) in [4.78, 5) is 0. The standard InChI is InChI=1S/C8H7F4NO/c9-4-3-5(14-2-1-13)7(11)8(12)6(4)10/h3H,1-2,13H2. The van der Waals surface area contributed by atoms with Crippen molar-refractivity contribution in [2.75, 3.05) is 13.2 Å². The minimum absolute atomic E-state index is 0.0556. The SMILES string of the molecule is NCCOc1cc(F)c(F)c(F)c1F. The van der Waals surface area contributed by atoms with E-state index >= 15 is 0 Å². The molecule has 0 aliphatic rings. The Kier molecular flexibility index (Phi) is 3.29. The van der Waals surface area contributed by atoms with Crippen molar-refractivity contribution in [3.05, 3.63) is 29.3 Å². The molecule has 14 heavy (non-hydrogen) atoms. The molecular weight excluding hydrogens is 202 g/mol. The zero-order valence-corrected chi connectivity index (χ0v) is 6.99. The topological polar surface area (TPSA) is 35.2 Å². The third-order valence-electron chi connectivity index (χ3n) is 1.44. The lowest BCUT2D eigenvalue weighted by atomic mass is 10.3. The number of hydrogen-bond acceptors (Lipinski definition) is 2. The van der Waals surface area contributed by atoms with Gasteiger partial charge in [-0.3, -0.25) is 0 Å². The van der Waals surface area contributed by atoms with E-state index in [-0.39, 0.29) is 13.2 Å². The Balaban J connectivity index is 3.06. The van der Waals surface area contributed by atoms with Gasteiger partial charge in [0, 0.05) is 12.6 Å². The van der Waals surface area contributed by atoms with Crippen molar-refractivity contribution in [2.24, 2.45) is 5.73 Å². The monoisotopic (exact) mass is 209 g/mol. The smallest absolute Gasteiger partial charge is 0.203 e. The van der Waals surface area contributed by atoms with Crippen LogP contribution in [0.3, 0.4) is 0 Å². The highest BCUT2D eigenvalue weighted by atomic mass is 19.2. The van der Waals surface area contributed by atoms with Crippen LogP contribution in [0.4, 0.5) is 17.6 Å². The van der Waals surface area contributed by atoms with Crippen LogP contribution in [0, 0.1) is 23.3 Å². The summed E-state index contributed by atoms with van der Waals surface area (Å²) in [5.41, 5.74) is 5.02. The van der Waals surface area contributed by atoms with Gasteiger partial charge >= 0.3 is 0 Å². The highest BCUT2D eigenvalue weighted by molar-refractivity contribution is 5.27. The lowest BCUT2D eigenvalue weighted by Crippen LogP contribution is -2.12. The molecule has 0 aliphatic carbocycles. The molecule has 0 heterocycles. The van der Waals surface area contributed by atoms with Gasteiger partial charge in [0.1, 0.15) is 6.61 Å². The Bertz CT molecular complexity index is 343. The van der Waals surface area contributed by atoms with E-state index in [9.17, 15) is 17.6 Å². The van der Waals surface area contributed by atoms with Gasteiger partial charge in [0.25, 0.3) is 0 Å². The number of benzene rings is 1. The average Bonchev–Trinajstić information content (AvgIpc) is 2.18. The van der Waals surface area contributed by atoms with E-state index in [0.29, 0.717) is 6.07 Å². The first-order valence-electron chi connectivity index (χ1n) is 3.73. The van der Waals surface area contributed by atoms with Crippen LogP contribution < -0.4 is 10.5 Å². The van der Waals surface area contributed by atoms with Crippen LogP contribution in [0.25, 0.3) is 0 Å². The van der Waals surface area contributed by atoms with E-state index in [4.69, 9.17) is 5.73 Å². The van der Waals surface area contributed by atoms with Crippen molar-refractivity contribution in [2.45, 2.75) is 0 Å². The number of rotatable bonds is 3. The minimum Gasteiger partial charge on any atom is -0.489 e. The quantitative estimate of drug-likeness (QED) is 0.466. The molecule has 0 aliphatic heterocycles. The molecule has 78 valence electrons. The molecule has 0 amide bonds. The van der Waals surface area contributed by atoms with Crippen molar-refractivity contribution in [3.63, 3.8) is 0 Å². The molecule has 0 fully saturated rings. The van der Waals surface area contributed by atoms with Gasteiger partial charge in [-0.25, -0.2) is 13.2 Å². The van der Waals surface area contributed by atoms with E-state index in [1.165, 1.54) is 0 Å². The summed E-state index contributed by atoms with van der Waals surface area (Å²) in [7, 11) is 0. The molecule has 0 bridgehead atoms. The number of halogens is 4. The Morgan fingerprint density at radius 3 is 2.29 bits per heavy atom. The molecule has 1 rings (SSSR count). The van der Waals surface area contributed by atoms with Crippen molar-refractivity contribution < 1.29 is 22.3 Å². The van der Waals surface area contributed by atoms with Crippen LogP contribution in [0.2, 0.25) is 0 Å². The lowest BCUT2D eigenvalue weighted by molar-refractivity contribution is 0.294. The van der Waals surface area contributed by atoms with Gasteiger partial charge < -0.3 is 10.5 Å². The molecule has 0 aromatic heterocycles. The first kappa shape index (κ1) is 10.8. The summed E-state index contributed by atoms with van der Waals surface area (Å²) >= 11 is 0. The number of nitrogens with two attached hydrogens (primary N) is 1. The fraction of sp³-hybridized carbons (Fsp3) is 0.250. The molecule has 0 spiro atoms. The van der Waals surface area contributed by atoms with Gasteiger partial charge in [-0.1, -0.05) is 0 Å². The predicted molar refractivity (Wildman–Crippen MR) is 40.8 cm³/mol. The molecule has 0 radical (unpaired) electrons. The Morgan fingerprint density at radius 1 is 1.07 bits per heavy atom. The van der Waals surface area contributed by atoms with Crippen molar-refractivity contribution in [1.82, 2.24) is 0 Å². The maximum Gasteiger partial charge on any atom is 0.203 e. The maximum atomic E-state index is 12.8.